The van der Waals surface area contributed by atoms with E-state index in [1.807, 2.05) is 36.4 Å². The van der Waals surface area contributed by atoms with Gasteiger partial charge in [0.15, 0.2) is 5.65 Å². The fraction of sp³-hybridized carbons (Fsp3) is 0.156. The number of H-pyrrole nitrogens is 1. The second kappa shape index (κ2) is 12.1. The van der Waals surface area contributed by atoms with Crippen molar-refractivity contribution >= 4 is 51.5 Å². The number of hydrogen-bond donors (Lipinski definition) is 4. The maximum atomic E-state index is 13.4. The van der Waals surface area contributed by atoms with E-state index in [0.29, 0.717) is 39.6 Å². The Morgan fingerprint density at radius 1 is 0.860 bits per heavy atom. The van der Waals surface area contributed by atoms with Crippen molar-refractivity contribution < 1.29 is 9.59 Å². The van der Waals surface area contributed by atoms with Crippen LogP contribution in [0.15, 0.2) is 91.5 Å². The predicted molar refractivity (Wildman–Crippen MR) is 170 cm³/mol. The first-order valence-corrected chi connectivity index (χ1v) is 13.9. The molecule has 2 amide bonds. The van der Waals surface area contributed by atoms with Crippen molar-refractivity contribution in [3.63, 3.8) is 0 Å². The van der Waals surface area contributed by atoms with E-state index in [2.05, 4.69) is 66.7 Å². The number of carbonyl (C=O) groups is 2. The minimum atomic E-state index is -0.379. The van der Waals surface area contributed by atoms with Crippen molar-refractivity contribution in [2.24, 2.45) is 0 Å². The molecule has 6 rings (SSSR count). The minimum Gasteiger partial charge on any atom is -0.369 e. The molecule has 43 heavy (non-hydrogen) atoms. The van der Waals surface area contributed by atoms with Crippen LogP contribution in [0, 0.1) is 0 Å². The third-order valence-corrected chi connectivity index (χ3v) is 7.23. The molecule has 216 valence electrons. The van der Waals surface area contributed by atoms with Gasteiger partial charge in [0.05, 0.1) is 11.1 Å². The first kappa shape index (κ1) is 27.6. The highest BCUT2D eigenvalue weighted by Gasteiger charge is 2.22. The zero-order valence-corrected chi connectivity index (χ0v) is 23.7. The van der Waals surface area contributed by atoms with Gasteiger partial charge >= 0.3 is 0 Å². The van der Waals surface area contributed by atoms with E-state index in [1.54, 1.807) is 30.3 Å². The summed E-state index contributed by atoms with van der Waals surface area (Å²) in [6, 6.07) is 24.5. The highest BCUT2D eigenvalue weighted by molar-refractivity contribution is 6.14. The molecule has 0 saturated carbocycles. The van der Waals surface area contributed by atoms with Gasteiger partial charge in [0.1, 0.15) is 5.69 Å². The highest BCUT2D eigenvalue weighted by Crippen LogP contribution is 2.32. The van der Waals surface area contributed by atoms with Gasteiger partial charge in [0.2, 0.25) is 11.9 Å². The monoisotopic (exact) mass is 573 g/mol. The third kappa shape index (κ3) is 6.21. The van der Waals surface area contributed by atoms with Crippen molar-refractivity contribution in [1.82, 2.24) is 25.1 Å². The molecule has 0 spiro atoms. The summed E-state index contributed by atoms with van der Waals surface area (Å²) in [5.74, 6) is -0.394. The molecule has 1 saturated heterocycles. The van der Waals surface area contributed by atoms with Crippen LogP contribution in [0.25, 0.3) is 22.3 Å². The number of likely N-dealkylation sites (N-methyl/N-ethyl adjacent to an activating group) is 1. The average Bonchev–Trinajstić information content (AvgIpc) is 3.46. The molecule has 0 unspecified atom stereocenters. The molecule has 3 aromatic carbocycles. The summed E-state index contributed by atoms with van der Waals surface area (Å²) in [6.45, 7) is 7.44. The van der Waals surface area contributed by atoms with E-state index in [9.17, 15) is 9.59 Å². The number of para-hydroxylation sites is 1. The van der Waals surface area contributed by atoms with Crippen molar-refractivity contribution in [3.05, 3.63) is 97.2 Å². The predicted octanol–water partition coefficient (Wildman–Crippen LogP) is 4.89. The number of fused-ring (bicyclic) bond motifs is 1. The zero-order valence-electron chi connectivity index (χ0n) is 23.7. The van der Waals surface area contributed by atoms with E-state index in [1.165, 1.54) is 6.08 Å². The normalized spacial score (nSPS) is 13.5. The Hall–Kier alpha value is -5.55. The quantitative estimate of drug-likeness (QED) is 0.193. The van der Waals surface area contributed by atoms with Crippen molar-refractivity contribution in [1.29, 1.82) is 0 Å². The van der Waals surface area contributed by atoms with Gasteiger partial charge in [-0.05, 0) is 55.6 Å². The number of anilines is 5. The molecule has 1 aliphatic heterocycles. The van der Waals surface area contributed by atoms with Crippen LogP contribution in [0.3, 0.4) is 0 Å². The van der Waals surface area contributed by atoms with Crippen LogP contribution in [0.5, 0.6) is 0 Å². The Morgan fingerprint density at radius 2 is 1.60 bits per heavy atom. The molecule has 1 fully saturated rings. The van der Waals surface area contributed by atoms with Gasteiger partial charge in [-0.25, -0.2) is 4.98 Å². The number of piperazine rings is 1. The third-order valence-electron chi connectivity index (χ3n) is 7.23. The fourth-order valence-electron chi connectivity index (χ4n) is 4.98. The number of hydrogen-bond acceptors (Lipinski definition) is 8. The maximum Gasteiger partial charge on any atom is 0.274 e. The molecule has 0 aliphatic carbocycles. The van der Waals surface area contributed by atoms with Gasteiger partial charge < -0.3 is 25.8 Å². The molecular weight excluding hydrogens is 542 g/mol. The summed E-state index contributed by atoms with van der Waals surface area (Å²) < 4.78 is 0. The second-order valence-corrected chi connectivity index (χ2v) is 10.3. The largest absolute Gasteiger partial charge is 0.369 e. The van der Waals surface area contributed by atoms with Crippen LogP contribution >= 0.6 is 0 Å². The number of aromatic nitrogens is 4. The molecule has 2 aromatic heterocycles. The number of aromatic amines is 1. The van der Waals surface area contributed by atoms with Gasteiger partial charge in [-0.2, -0.15) is 10.1 Å². The lowest BCUT2D eigenvalue weighted by Crippen LogP contribution is -2.44. The van der Waals surface area contributed by atoms with Crippen molar-refractivity contribution in [2.75, 3.05) is 54.1 Å². The Kier molecular flexibility index (Phi) is 7.79. The van der Waals surface area contributed by atoms with Gasteiger partial charge in [-0.15, -0.1) is 0 Å². The number of amides is 2. The second-order valence-electron chi connectivity index (χ2n) is 10.3. The minimum absolute atomic E-state index is 0.220. The standard InChI is InChI=1S/C32H31N9O2/c1-3-26(42)33-23-12-7-9-21(19-23)28-27-29(31(43)34-22-10-5-4-6-11-22)38-39-30(27)37-32(36-28)35-24-13-8-14-25(20-24)41-17-15-40(2)16-18-41/h3-14,19-20H,1,15-18H2,2H3,(H,33,42)(H,34,43)(H2,35,36,37,38,39). The van der Waals surface area contributed by atoms with Gasteiger partial charge in [0.25, 0.3) is 5.91 Å². The van der Waals surface area contributed by atoms with Gasteiger partial charge in [-0.3, -0.25) is 14.7 Å². The first-order chi connectivity index (χ1) is 21.0. The van der Waals surface area contributed by atoms with Gasteiger partial charge in [-0.1, -0.05) is 43.0 Å². The molecule has 11 nitrogen and oxygen atoms in total. The fourth-order valence-corrected chi connectivity index (χ4v) is 4.98. The van der Waals surface area contributed by atoms with Crippen LogP contribution in [-0.4, -0.2) is 70.1 Å². The Morgan fingerprint density at radius 3 is 2.40 bits per heavy atom. The van der Waals surface area contributed by atoms with E-state index >= 15 is 0 Å². The summed E-state index contributed by atoms with van der Waals surface area (Å²) in [5, 5.41) is 16.7. The maximum absolute atomic E-state index is 13.4. The van der Waals surface area contributed by atoms with Crippen LogP contribution in [-0.2, 0) is 4.79 Å². The molecule has 1 aliphatic rings. The van der Waals surface area contributed by atoms with E-state index in [-0.39, 0.29) is 17.5 Å². The molecular formula is C32H31N9O2. The van der Waals surface area contributed by atoms with Gasteiger partial charge in [0, 0.05) is 54.5 Å². The topological polar surface area (TPSA) is 131 Å². The summed E-state index contributed by atoms with van der Waals surface area (Å²) in [7, 11) is 2.13. The zero-order chi connectivity index (χ0) is 29.8. The lowest BCUT2D eigenvalue weighted by molar-refractivity contribution is -0.111. The number of rotatable bonds is 8. The van der Waals surface area contributed by atoms with Crippen molar-refractivity contribution in [2.45, 2.75) is 0 Å². The average molecular weight is 574 g/mol. The molecule has 0 radical (unpaired) electrons. The van der Waals surface area contributed by atoms with Crippen LogP contribution < -0.4 is 20.9 Å². The summed E-state index contributed by atoms with van der Waals surface area (Å²) in [4.78, 5) is 39.6. The van der Waals surface area contributed by atoms with Crippen molar-refractivity contribution in [3.8, 4) is 11.3 Å². The molecule has 0 atom stereocenters. The smallest absolute Gasteiger partial charge is 0.274 e. The lowest BCUT2D eigenvalue weighted by Gasteiger charge is -2.34. The highest BCUT2D eigenvalue weighted by atomic mass is 16.2. The Labute approximate surface area is 248 Å². The summed E-state index contributed by atoms with van der Waals surface area (Å²) >= 11 is 0. The first-order valence-electron chi connectivity index (χ1n) is 13.9. The number of benzene rings is 3. The molecule has 5 aromatic rings. The summed E-state index contributed by atoms with van der Waals surface area (Å²) in [5.41, 5.74) is 4.83. The summed E-state index contributed by atoms with van der Waals surface area (Å²) in [6.07, 6.45) is 1.20. The van der Waals surface area contributed by atoms with E-state index in [4.69, 9.17) is 4.98 Å². The lowest BCUT2D eigenvalue weighted by atomic mass is 10.1. The Bertz CT molecular complexity index is 1790. The molecule has 11 heteroatoms. The molecule has 3 heterocycles. The molecule has 0 bridgehead atoms. The van der Waals surface area contributed by atoms with E-state index < -0.39 is 0 Å². The van der Waals surface area contributed by atoms with E-state index in [0.717, 1.165) is 37.6 Å². The van der Waals surface area contributed by atoms with Crippen LogP contribution in [0.2, 0.25) is 0 Å². The van der Waals surface area contributed by atoms with Crippen LogP contribution in [0.1, 0.15) is 10.5 Å². The van der Waals surface area contributed by atoms with Crippen LogP contribution in [0.4, 0.5) is 28.7 Å². The Balaban J connectivity index is 1.39. The number of nitrogens with one attached hydrogen (secondary N) is 4. The number of carbonyl (C=O) groups excluding carboxylic acids is 2. The SMILES string of the molecule is C=CC(=O)Nc1cccc(-c2nc(Nc3cccc(N4CCN(C)CC4)c3)nc3n[nH]c(C(=O)Nc4ccccc4)c23)c1. The molecule has 4 N–H and O–H groups in total. The number of nitrogens with zero attached hydrogens (tertiary/aromatic N) is 5.